The normalized spacial score (nSPS) is 16.1. The maximum Gasteiger partial charge on any atom is 0.256 e. The van der Waals surface area contributed by atoms with E-state index < -0.39 is 0 Å². The molecule has 112 valence electrons. The summed E-state index contributed by atoms with van der Waals surface area (Å²) >= 11 is 0. The van der Waals surface area contributed by atoms with Crippen molar-refractivity contribution >= 4 is 16.8 Å². The van der Waals surface area contributed by atoms with E-state index in [0.717, 1.165) is 16.5 Å². The Morgan fingerprint density at radius 3 is 2.95 bits per heavy atom. The van der Waals surface area contributed by atoms with Gasteiger partial charge in [-0.25, -0.2) is 0 Å². The molecule has 21 heavy (non-hydrogen) atoms. The molecule has 1 N–H and O–H groups in total. The molecule has 2 aromatic rings. The summed E-state index contributed by atoms with van der Waals surface area (Å²) in [6.07, 6.45) is 4.33. The minimum atomic E-state index is 0.0968. The first-order valence-electron chi connectivity index (χ1n) is 7.58. The maximum atomic E-state index is 13.0. The van der Waals surface area contributed by atoms with Crippen molar-refractivity contribution in [3.05, 3.63) is 36.0 Å². The molecule has 0 saturated heterocycles. The van der Waals surface area contributed by atoms with Crippen LogP contribution in [0.1, 0.15) is 30.1 Å². The van der Waals surface area contributed by atoms with Crippen LogP contribution in [0.5, 0.6) is 0 Å². The predicted molar refractivity (Wildman–Crippen MR) is 83.4 cm³/mol. The van der Waals surface area contributed by atoms with Crippen molar-refractivity contribution < 1.29 is 9.53 Å². The Balaban J connectivity index is 1.90. The van der Waals surface area contributed by atoms with Gasteiger partial charge in [0.25, 0.3) is 5.91 Å². The molecule has 0 radical (unpaired) electrons. The van der Waals surface area contributed by atoms with Crippen molar-refractivity contribution in [2.45, 2.75) is 25.8 Å². The first-order valence-corrected chi connectivity index (χ1v) is 7.58. The Kier molecular flexibility index (Phi) is 3.97. The summed E-state index contributed by atoms with van der Waals surface area (Å²) in [6, 6.07) is 8.14. The van der Waals surface area contributed by atoms with E-state index >= 15 is 0 Å². The zero-order chi connectivity index (χ0) is 14.8. The van der Waals surface area contributed by atoms with Crippen LogP contribution < -0.4 is 0 Å². The third kappa shape index (κ3) is 2.81. The number of benzene rings is 1. The van der Waals surface area contributed by atoms with Gasteiger partial charge in [0.05, 0.1) is 17.7 Å². The molecular formula is C17H22N2O2. The molecule has 1 aromatic heterocycles. The number of hydrogen-bond donors (Lipinski definition) is 1. The van der Waals surface area contributed by atoms with Crippen LogP contribution in [0.25, 0.3) is 10.9 Å². The Morgan fingerprint density at radius 1 is 1.43 bits per heavy atom. The van der Waals surface area contributed by atoms with Gasteiger partial charge >= 0.3 is 0 Å². The lowest BCUT2D eigenvalue weighted by atomic mass is 10.1. The number of nitrogens with one attached hydrogen (secondary N) is 1. The van der Waals surface area contributed by atoms with E-state index in [1.54, 1.807) is 7.11 Å². The van der Waals surface area contributed by atoms with Crippen LogP contribution in [0.3, 0.4) is 0 Å². The molecule has 1 fully saturated rings. The Morgan fingerprint density at radius 2 is 2.24 bits per heavy atom. The number of hydrogen-bond acceptors (Lipinski definition) is 2. The molecule has 4 nitrogen and oxygen atoms in total. The van der Waals surface area contributed by atoms with Gasteiger partial charge in [0.1, 0.15) is 0 Å². The lowest BCUT2D eigenvalue weighted by Gasteiger charge is -2.29. The minimum absolute atomic E-state index is 0.0968. The average Bonchev–Trinajstić information content (AvgIpc) is 3.24. The second kappa shape index (κ2) is 5.90. The molecule has 1 aliphatic carbocycles. The highest BCUT2D eigenvalue weighted by Crippen LogP contribution is 2.35. The molecule has 1 amide bonds. The van der Waals surface area contributed by atoms with Gasteiger partial charge < -0.3 is 14.6 Å². The minimum Gasteiger partial charge on any atom is -0.383 e. The van der Waals surface area contributed by atoms with E-state index in [4.69, 9.17) is 4.74 Å². The third-order valence-corrected chi connectivity index (χ3v) is 4.41. The van der Waals surface area contributed by atoms with E-state index in [9.17, 15) is 4.79 Å². The number of fused-ring (bicyclic) bond motifs is 1. The van der Waals surface area contributed by atoms with Crippen molar-refractivity contribution in [3.63, 3.8) is 0 Å². The number of amides is 1. The number of aromatic amines is 1. The number of ether oxygens (including phenoxy) is 1. The Bertz CT molecular complexity index is 631. The van der Waals surface area contributed by atoms with Crippen molar-refractivity contribution in [1.29, 1.82) is 0 Å². The van der Waals surface area contributed by atoms with Crippen LogP contribution in [-0.2, 0) is 4.74 Å². The Hall–Kier alpha value is -1.81. The number of H-pyrrole nitrogens is 1. The fraction of sp³-hybridized carbons (Fsp3) is 0.471. The lowest BCUT2D eigenvalue weighted by molar-refractivity contribution is 0.0596. The zero-order valence-electron chi connectivity index (χ0n) is 12.6. The van der Waals surface area contributed by atoms with Gasteiger partial charge in [-0.15, -0.1) is 0 Å². The quantitative estimate of drug-likeness (QED) is 0.887. The van der Waals surface area contributed by atoms with Crippen LogP contribution in [0, 0.1) is 5.92 Å². The van der Waals surface area contributed by atoms with Gasteiger partial charge in [0.15, 0.2) is 0 Å². The standard InChI is InChI=1S/C17H22N2O2/c1-12(13-6-7-13)19(10-11-21-2)17(20)15-5-3-4-14-8-9-18-16(14)15/h3-5,8-9,12-13,18H,6-7,10-11H2,1-2H3. The number of rotatable bonds is 6. The predicted octanol–water partition coefficient (Wildman–Crippen LogP) is 3.06. The number of carbonyl (C=O) groups is 1. The summed E-state index contributed by atoms with van der Waals surface area (Å²) in [7, 11) is 1.68. The lowest BCUT2D eigenvalue weighted by Crippen LogP contribution is -2.42. The molecule has 1 heterocycles. The Labute approximate surface area is 125 Å². The zero-order valence-corrected chi connectivity index (χ0v) is 12.6. The van der Waals surface area contributed by atoms with Gasteiger partial charge in [0, 0.05) is 31.3 Å². The second-order valence-corrected chi connectivity index (χ2v) is 5.82. The summed E-state index contributed by atoms with van der Waals surface area (Å²) in [4.78, 5) is 18.1. The molecule has 1 aliphatic rings. The summed E-state index contributed by atoms with van der Waals surface area (Å²) in [5.41, 5.74) is 1.68. The molecule has 1 unspecified atom stereocenters. The van der Waals surface area contributed by atoms with Gasteiger partial charge in [-0.1, -0.05) is 12.1 Å². The molecular weight excluding hydrogens is 264 g/mol. The summed E-state index contributed by atoms with van der Waals surface area (Å²) in [6.45, 7) is 3.37. The fourth-order valence-corrected chi connectivity index (χ4v) is 2.93. The highest BCUT2D eigenvalue weighted by atomic mass is 16.5. The van der Waals surface area contributed by atoms with E-state index in [-0.39, 0.29) is 11.9 Å². The average molecular weight is 286 g/mol. The van der Waals surface area contributed by atoms with E-state index in [1.165, 1.54) is 12.8 Å². The van der Waals surface area contributed by atoms with Crippen molar-refractivity contribution in [2.75, 3.05) is 20.3 Å². The van der Waals surface area contributed by atoms with Crippen molar-refractivity contribution in [2.24, 2.45) is 5.92 Å². The monoisotopic (exact) mass is 286 g/mol. The van der Waals surface area contributed by atoms with E-state index in [1.807, 2.05) is 35.4 Å². The SMILES string of the molecule is COCCN(C(=O)c1cccc2cc[nH]c12)C(C)C1CC1. The van der Waals surface area contributed by atoms with Crippen molar-refractivity contribution in [1.82, 2.24) is 9.88 Å². The van der Waals surface area contributed by atoms with Crippen molar-refractivity contribution in [3.8, 4) is 0 Å². The summed E-state index contributed by atoms with van der Waals surface area (Å²) in [5.74, 6) is 0.744. The molecule has 0 spiro atoms. The third-order valence-electron chi connectivity index (χ3n) is 4.41. The summed E-state index contributed by atoms with van der Waals surface area (Å²) < 4.78 is 5.18. The molecule has 4 heteroatoms. The number of methoxy groups -OCH3 is 1. The maximum absolute atomic E-state index is 13.0. The fourth-order valence-electron chi connectivity index (χ4n) is 2.93. The highest BCUT2D eigenvalue weighted by molar-refractivity contribution is 6.05. The molecule has 0 aliphatic heterocycles. The first-order chi connectivity index (χ1) is 10.2. The topological polar surface area (TPSA) is 45.3 Å². The molecule has 3 rings (SSSR count). The number of aromatic nitrogens is 1. The van der Waals surface area contributed by atoms with Crippen LogP contribution in [0.4, 0.5) is 0 Å². The van der Waals surface area contributed by atoms with E-state index in [2.05, 4.69) is 11.9 Å². The second-order valence-electron chi connectivity index (χ2n) is 5.82. The molecule has 1 aromatic carbocycles. The number of para-hydroxylation sites is 1. The molecule has 0 bridgehead atoms. The smallest absolute Gasteiger partial charge is 0.256 e. The van der Waals surface area contributed by atoms with Crippen LogP contribution in [-0.4, -0.2) is 42.1 Å². The van der Waals surface area contributed by atoms with E-state index in [0.29, 0.717) is 19.1 Å². The number of carbonyl (C=O) groups excluding carboxylic acids is 1. The van der Waals surface area contributed by atoms with Gasteiger partial charge in [-0.05, 0) is 37.8 Å². The van der Waals surface area contributed by atoms with Crippen LogP contribution >= 0.6 is 0 Å². The number of nitrogens with zero attached hydrogens (tertiary/aromatic N) is 1. The first kappa shape index (κ1) is 14.1. The molecule has 1 atom stereocenters. The van der Waals surface area contributed by atoms with Gasteiger partial charge in [-0.3, -0.25) is 4.79 Å². The van der Waals surface area contributed by atoms with Gasteiger partial charge in [-0.2, -0.15) is 0 Å². The van der Waals surface area contributed by atoms with Gasteiger partial charge in [0.2, 0.25) is 0 Å². The van der Waals surface area contributed by atoms with Crippen LogP contribution in [0.15, 0.2) is 30.5 Å². The molecule has 1 saturated carbocycles. The van der Waals surface area contributed by atoms with Crippen LogP contribution in [0.2, 0.25) is 0 Å². The summed E-state index contributed by atoms with van der Waals surface area (Å²) in [5, 5.41) is 1.08. The highest BCUT2D eigenvalue weighted by Gasteiger charge is 2.34. The largest absolute Gasteiger partial charge is 0.383 e.